The maximum Gasteiger partial charge on any atom is 0.341 e. The average molecular weight is 366 g/mol. The summed E-state index contributed by atoms with van der Waals surface area (Å²) in [5, 5.41) is 10.9. The number of nitrogens with zero attached hydrogens (tertiary/aromatic N) is 1. The molecule has 0 heterocycles. The lowest BCUT2D eigenvalue weighted by molar-refractivity contribution is -0.118. The molecule has 25 heavy (non-hydrogen) atoms. The van der Waals surface area contributed by atoms with Crippen molar-refractivity contribution in [2.75, 3.05) is 11.9 Å². The van der Waals surface area contributed by atoms with Crippen molar-refractivity contribution in [3.8, 4) is 11.8 Å². The number of carbonyl (C=O) groups excluding carboxylic acids is 1. The van der Waals surface area contributed by atoms with E-state index in [0.29, 0.717) is 11.3 Å². The van der Waals surface area contributed by atoms with Crippen molar-refractivity contribution in [1.82, 2.24) is 0 Å². The van der Waals surface area contributed by atoms with Gasteiger partial charge in [-0.2, -0.15) is 14.0 Å². The van der Waals surface area contributed by atoms with E-state index in [2.05, 4.69) is 5.32 Å². The second-order valence-corrected chi connectivity index (χ2v) is 6.66. The first-order valence-corrected chi connectivity index (χ1v) is 8.43. The average Bonchev–Trinajstić information content (AvgIpc) is 2.60. The van der Waals surface area contributed by atoms with Gasteiger partial charge in [0.1, 0.15) is 5.75 Å². The van der Waals surface area contributed by atoms with Crippen molar-refractivity contribution in [3.05, 3.63) is 54.1 Å². The van der Waals surface area contributed by atoms with Gasteiger partial charge in [0.2, 0.25) is 9.84 Å². The van der Waals surface area contributed by atoms with Gasteiger partial charge in [0.15, 0.2) is 6.61 Å². The SMILES string of the molecule is N#Cc1ccc(OCC(=O)Nc2ccccc2S(=O)(=O)C(F)F)cc1. The summed E-state index contributed by atoms with van der Waals surface area (Å²) in [4.78, 5) is 11.2. The molecule has 0 spiro atoms. The summed E-state index contributed by atoms with van der Waals surface area (Å²) in [6.07, 6.45) is 0. The van der Waals surface area contributed by atoms with Gasteiger partial charge in [-0.05, 0) is 36.4 Å². The number of nitrogens with one attached hydrogen (secondary N) is 1. The van der Waals surface area contributed by atoms with Crippen molar-refractivity contribution >= 4 is 21.4 Å². The van der Waals surface area contributed by atoms with E-state index in [-0.39, 0.29) is 5.69 Å². The fourth-order valence-corrected chi connectivity index (χ4v) is 2.76. The van der Waals surface area contributed by atoms with Crippen LogP contribution >= 0.6 is 0 Å². The number of ether oxygens (including phenoxy) is 1. The van der Waals surface area contributed by atoms with E-state index in [9.17, 15) is 22.0 Å². The number of rotatable bonds is 6. The molecule has 6 nitrogen and oxygen atoms in total. The number of alkyl halides is 2. The predicted octanol–water partition coefficient (Wildman–Crippen LogP) is 2.57. The number of anilines is 1. The lowest BCUT2D eigenvalue weighted by Gasteiger charge is -2.11. The fourth-order valence-electron chi connectivity index (χ4n) is 1.87. The van der Waals surface area contributed by atoms with Gasteiger partial charge in [-0.25, -0.2) is 8.42 Å². The van der Waals surface area contributed by atoms with Crippen LogP contribution in [-0.4, -0.2) is 26.7 Å². The van der Waals surface area contributed by atoms with Gasteiger partial charge < -0.3 is 10.1 Å². The predicted molar refractivity (Wildman–Crippen MR) is 84.9 cm³/mol. The number of hydrogen-bond acceptors (Lipinski definition) is 5. The van der Waals surface area contributed by atoms with Crippen LogP contribution in [-0.2, 0) is 14.6 Å². The minimum absolute atomic E-state index is 0.253. The summed E-state index contributed by atoms with van der Waals surface area (Å²) in [5.74, 6) is -4.00. The zero-order valence-electron chi connectivity index (χ0n) is 12.6. The molecule has 0 saturated heterocycles. The largest absolute Gasteiger partial charge is 0.484 e. The number of amides is 1. The minimum Gasteiger partial charge on any atom is -0.484 e. The summed E-state index contributed by atoms with van der Waals surface area (Å²) in [5.41, 5.74) is 0.166. The Kier molecular flexibility index (Phi) is 5.67. The highest BCUT2D eigenvalue weighted by atomic mass is 32.2. The van der Waals surface area contributed by atoms with Crippen LogP contribution in [0.3, 0.4) is 0 Å². The smallest absolute Gasteiger partial charge is 0.341 e. The third-order valence-corrected chi connectivity index (χ3v) is 4.49. The van der Waals surface area contributed by atoms with Crippen molar-refractivity contribution in [2.24, 2.45) is 0 Å². The van der Waals surface area contributed by atoms with Gasteiger partial charge >= 0.3 is 5.76 Å². The quantitative estimate of drug-likeness (QED) is 0.848. The number of sulfone groups is 1. The van der Waals surface area contributed by atoms with Crippen LogP contribution in [0, 0.1) is 11.3 Å². The summed E-state index contributed by atoms with van der Waals surface area (Å²) >= 11 is 0. The Morgan fingerprint density at radius 2 is 1.80 bits per heavy atom. The van der Waals surface area contributed by atoms with Crippen LogP contribution in [0.2, 0.25) is 0 Å². The number of nitriles is 1. The van der Waals surface area contributed by atoms with E-state index < -0.39 is 33.0 Å². The molecule has 0 bridgehead atoms. The van der Waals surface area contributed by atoms with E-state index in [0.717, 1.165) is 6.07 Å². The maximum atomic E-state index is 12.7. The zero-order chi connectivity index (χ0) is 18.4. The van der Waals surface area contributed by atoms with Crippen LogP contribution in [0.5, 0.6) is 5.75 Å². The Hall–Kier alpha value is -2.99. The molecule has 0 atom stereocenters. The van der Waals surface area contributed by atoms with Gasteiger partial charge in [0.05, 0.1) is 22.2 Å². The van der Waals surface area contributed by atoms with Crippen LogP contribution in [0.25, 0.3) is 0 Å². The van der Waals surface area contributed by atoms with E-state index in [1.807, 2.05) is 6.07 Å². The van der Waals surface area contributed by atoms with E-state index in [1.54, 1.807) is 0 Å². The molecule has 1 amide bonds. The molecule has 0 aliphatic rings. The molecule has 9 heteroatoms. The Morgan fingerprint density at radius 1 is 1.16 bits per heavy atom. The van der Waals surface area contributed by atoms with Gasteiger partial charge in [0.25, 0.3) is 5.91 Å². The highest BCUT2D eigenvalue weighted by Gasteiger charge is 2.29. The Bertz CT molecular complexity index is 906. The highest BCUT2D eigenvalue weighted by molar-refractivity contribution is 7.91. The second-order valence-electron chi connectivity index (χ2n) is 4.77. The number of carbonyl (C=O) groups is 1. The standard InChI is InChI=1S/C16H12F2N2O4S/c17-16(18)25(22,23)14-4-2-1-3-13(14)20-15(21)10-24-12-7-5-11(9-19)6-8-12/h1-8,16H,10H2,(H,20,21). The van der Waals surface area contributed by atoms with Crippen LogP contribution in [0.1, 0.15) is 5.56 Å². The summed E-state index contributed by atoms with van der Waals surface area (Å²) in [7, 11) is -4.85. The lowest BCUT2D eigenvalue weighted by atomic mass is 10.2. The first-order valence-electron chi connectivity index (χ1n) is 6.88. The van der Waals surface area contributed by atoms with E-state index in [1.165, 1.54) is 42.5 Å². The molecule has 0 fully saturated rings. The highest BCUT2D eigenvalue weighted by Crippen LogP contribution is 2.26. The Labute approximate surface area is 142 Å². The molecule has 1 N–H and O–H groups in total. The zero-order valence-corrected chi connectivity index (χ0v) is 13.5. The van der Waals surface area contributed by atoms with E-state index >= 15 is 0 Å². The topological polar surface area (TPSA) is 96.3 Å². The van der Waals surface area contributed by atoms with Crippen molar-refractivity contribution < 1.29 is 26.7 Å². The normalized spacial score (nSPS) is 11.0. The summed E-state index contributed by atoms with van der Waals surface area (Å²) < 4.78 is 53.8. The number of hydrogen-bond donors (Lipinski definition) is 1. The maximum absolute atomic E-state index is 12.7. The van der Waals surface area contributed by atoms with Crippen molar-refractivity contribution in [1.29, 1.82) is 5.26 Å². The molecule has 0 radical (unpaired) electrons. The molecule has 2 rings (SSSR count). The van der Waals surface area contributed by atoms with Crippen molar-refractivity contribution in [2.45, 2.75) is 10.7 Å². The fraction of sp³-hybridized carbons (Fsp3) is 0.125. The molecule has 0 aromatic heterocycles. The Balaban J connectivity index is 2.07. The van der Waals surface area contributed by atoms with Gasteiger partial charge in [-0.15, -0.1) is 0 Å². The molecule has 130 valence electrons. The van der Waals surface area contributed by atoms with E-state index in [4.69, 9.17) is 10.00 Å². The first kappa shape index (κ1) is 18.4. The van der Waals surface area contributed by atoms with Crippen LogP contribution in [0.4, 0.5) is 14.5 Å². The third-order valence-electron chi connectivity index (χ3n) is 3.06. The molecular weight excluding hydrogens is 354 g/mol. The van der Waals surface area contributed by atoms with Crippen LogP contribution in [0.15, 0.2) is 53.4 Å². The Morgan fingerprint density at radius 3 is 2.40 bits per heavy atom. The number of benzene rings is 2. The second kappa shape index (κ2) is 7.72. The number of para-hydroxylation sites is 1. The molecular formula is C16H12F2N2O4S. The summed E-state index contributed by atoms with van der Waals surface area (Å²) in [6.45, 7) is -0.463. The first-order chi connectivity index (χ1) is 11.8. The third kappa shape index (κ3) is 4.51. The molecule has 0 unspecified atom stereocenters. The van der Waals surface area contributed by atoms with Crippen LogP contribution < -0.4 is 10.1 Å². The molecule has 2 aromatic carbocycles. The molecule has 0 saturated carbocycles. The van der Waals surface area contributed by atoms with Gasteiger partial charge in [0, 0.05) is 0 Å². The van der Waals surface area contributed by atoms with Gasteiger partial charge in [-0.1, -0.05) is 12.1 Å². The minimum atomic E-state index is -4.85. The molecule has 0 aliphatic heterocycles. The monoisotopic (exact) mass is 366 g/mol. The summed E-state index contributed by atoms with van der Waals surface area (Å²) in [6, 6.07) is 12.8. The molecule has 2 aromatic rings. The lowest BCUT2D eigenvalue weighted by Crippen LogP contribution is -2.22. The van der Waals surface area contributed by atoms with Gasteiger partial charge in [-0.3, -0.25) is 4.79 Å². The number of halogens is 2. The molecule has 0 aliphatic carbocycles. The van der Waals surface area contributed by atoms with Crippen molar-refractivity contribution in [3.63, 3.8) is 0 Å².